The molecular formula is C23H31N5O2. The highest BCUT2D eigenvalue weighted by molar-refractivity contribution is 5.87. The van der Waals surface area contributed by atoms with E-state index in [0.717, 1.165) is 30.4 Å². The van der Waals surface area contributed by atoms with Crippen molar-refractivity contribution in [2.75, 3.05) is 18.9 Å². The summed E-state index contributed by atoms with van der Waals surface area (Å²) >= 11 is 0. The van der Waals surface area contributed by atoms with Crippen LogP contribution in [0.25, 0.3) is 16.7 Å². The number of nitrogens with zero attached hydrogens (tertiary/aromatic N) is 3. The van der Waals surface area contributed by atoms with Gasteiger partial charge >= 0.3 is 0 Å². The summed E-state index contributed by atoms with van der Waals surface area (Å²) in [6.07, 6.45) is 4.21. The zero-order valence-electron chi connectivity index (χ0n) is 18.0. The number of anilines is 1. The topological polar surface area (TPSA) is 109 Å². The third kappa shape index (κ3) is 4.46. The number of hydrogen-bond donors (Lipinski definition) is 2. The van der Waals surface area contributed by atoms with E-state index in [9.17, 15) is 4.79 Å². The number of aliphatic imine (C=N–C) groups is 1. The van der Waals surface area contributed by atoms with Gasteiger partial charge in [0.25, 0.3) is 5.56 Å². The minimum Gasteiger partial charge on any atom is -0.387 e. The number of aromatic nitrogens is 2. The molecule has 3 rings (SSSR count). The van der Waals surface area contributed by atoms with Crippen LogP contribution in [0.2, 0.25) is 0 Å². The molecule has 0 aliphatic carbocycles. The lowest BCUT2D eigenvalue weighted by Gasteiger charge is -2.28. The number of ether oxygens (including phenoxy) is 1. The van der Waals surface area contributed by atoms with Crippen molar-refractivity contribution in [3.8, 4) is 11.1 Å². The molecule has 0 spiro atoms. The Morgan fingerprint density at radius 3 is 2.80 bits per heavy atom. The number of nitrogen functional groups attached to an aromatic ring is 1. The molecule has 2 aromatic heterocycles. The molecule has 2 unspecified atom stereocenters. The number of rotatable bonds is 6. The predicted molar refractivity (Wildman–Crippen MR) is 123 cm³/mol. The van der Waals surface area contributed by atoms with Gasteiger partial charge in [-0.3, -0.25) is 9.36 Å². The maximum absolute atomic E-state index is 13.7. The van der Waals surface area contributed by atoms with Crippen LogP contribution in [0, 0.1) is 5.92 Å². The standard InChI is InChI=1S/C23H31N5O2/c1-5-15(4)21(25)27-22-18(14(2)3)11-19(16-8-9-20(24)26-12-16)23(29)28(22)17-7-6-10-30-13-17/h8-9,11-12,15,17H,2,5-7,10,13H2,1,3-4H3,(H2,24,26)(H2,25,27). The highest BCUT2D eigenvalue weighted by atomic mass is 16.5. The first-order valence-corrected chi connectivity index (χ1v) is 10.4. The second kappa shape index (κ2) is 9.26. The van der Waals surface area contributed by atoms with Crippen LogP contribution in [-0.2, 0) is 4.74 Å². The van der Waals surface area contributed by atoms with Gasteiger partial charge in [-0.25, -0.2) is 9.98 Å². The zero-order valence-corrected chi connectivity index (χ0v) is 18.0. The molecule has 1 aliphatic rings. The minimum atomic E-state index is -0.141. The number of allylic oxidation sites excluding steroid dienone is 1. The fourth-order valence-electron chi connectivity index (χ4n) is 3.53. The van der Waals surface area contributed by atoms with Crippen LogP contribution in [0.3, 0.4) is 0 Å². The highest BCUT2D eigenvalue weighted by Crippen LogP contribution is 2.33. The molecule has 7 heteroatoms. The third-order valence-corrected chi connectivity index (χ3v) is 5.62. The number of nitrogens with two attached hydrogens (primary N) is 2. The molecule has 0 bridgehead atoms. The Bertz CT molecular complexity index is 1000. The van der Waals surface area contributed by atoms with Crippen molar-refractivity contribution in [3.05, 3.63) is 46.9 Å². The van der Waals surface area contributed by atoms with E-state index in [2.05, 4.69) is 18.5 Å². The van der Waals surface area contributed by atoms with Crippen molar-refractivity contribution in [2.45, 2.75) is 46.1 Å². The van der Waals surface area contributed by atoms with Gasteiger partial charge < -0.3 is 16.2 Å². The molecule has 3 heterocycles. The van der Waals surface area contributed by atoms with E-state index in [1.54, 1.807) is 22.9 Å². The quantitative estimate of drug-likeness (QED) is 0.555. The molecule has 2 atom stereocenters. The Hall–Kier alpha value is -2.93. The van der Waals surface area contributed by atoms with Crippen LogP contribution < -0.4 is 17.0 Å². The summed E-state index contributed by atoms with van der Waals surface area (Å²) in [5, 5.41) is 0. The predicted octanol–water partition coefficient (Wildman–Crippen LogP) is 3.91. The van der Waals surface area contributed by atoms with E-state index in [-0.39, 0.29) is 17.5 Å². The van der Waals surface area contributed by atoms with Crippen molar-refractivity contribution < 1.29 is 4.74 Å². The zero-order chi connectivity index (χ0) is 21.8. The van der Waals surface area contributed by atoms with Gasteiger partial charge in [0.2, 0.25) is 0 Å². The molecular weight excluding hydrogens is 378 g/mol. The molecule has 4 N–H and O–H groups in total. The minimum absolute atomic E-state index is 0.107. The van der Waals surface area contributed by atoms with E-state index in [1.165, 1.54) is 0 Å². The summed E-state index contributed by atoms with van der Waals surface area (Å²) in [7, 11) is 0. The summed E-state index contributed by atoms with van der Waals surface area (Å²) in [4.78, 5) is 22.6. The summed E-state index contributed by atoms with van der Waals surface area (Å²) in [6, 6.07) is 5.21. The molecule has 0 radical (unpaired) electrons. The summed E-state index contributed by atoms with van der Waals surface area (Å²) in [6.45, 7) is 11.3. The lowest BCUT2D eigenvalue weighted by atomic mass is 10.0. The van der Waals surface area contributed by atoms with Gasteiger partial charge in [0.05, 0.1) is 12.6 Å². The van der Waals surface area contributed by atoms with Crippen LogP contribution in [-0.4, -0.2) is 28.6 Å². The Morgan fingerprint density at radius 1 is 1.47 bits per heavy atom. The first kappa shape index (κ1) is 21.8. The fourth-order valence-corrected chi connectivity index (χ4v) is 3.53. The smallest absolute Gasteiger partial charge is 0.260 e. The Balaban J connectivity index is 2.31. The van der Waals surface area contributed by atoms with Gasteiger partial charge in [0, 0.05) is 35.4 Å². The molecule has 1 aliphatic heterocycles. The molecule has 30 heavy (non-hydrogen) atoms. The molecule has 2 aromatic rings. The molecule has 0 saturated carbocycles. The summed E-state index contributed by atoms with van der Waals surface area (Å²) in [5.41, 5.74) is 14.7. The van der Waals surface area contributed by atoms with E-state index in [0.29, 0.717) is 41.8 Å². The lowest BCUT2D eigenvalue weighted by molar-refractivity contribution is 0.0586. The summed E-state index contributed by atoms with van der Waals surface area (Å²) < 4.78 is 7.43. The fraction of sp³-hybridized carbons (Fsp3) is 0.435. The van der Waals surface area contributed by atoms with E-state index in [4.69, 9.17) is 21.2 Å². The van der Waals surface area contributed by atoms with Crippen LogP contribution in [0.1, 0.15) is 51.6 Å². The Labute approximate surface area is 177 Å². The lowest BCUT2D eigenvalue weighted by Crippen LogP contribution is -2.32. The van der Waals surface area contributed by atoms with Crippen LogP contribution in [0.5, 0.6) is 0 Å². The molecule has 1 saturated heterocycles. The van der Waals surface area contributed by atoms with Crippen molar-refractivity contribution in [3.63, 3.8) is 0 Å². The van der Waals surface area contributed by atoms with Crippen LogP contribution >= 0.6 is 0 Å². The Kier molecular flexibility index (Phi) is 6.72. The molecule has 0 amide bonds. The molecule has 0 aromatic carbocycles. The van der Waals surface area contributed by atoms with Gasteiger partial charge in [-0.2, -0.15) is 0 Å². The molecule has 160 valence electrons. The number of hydrogen-bond acceptors (Lipinski definition) is 5. The van der Waals surface area contributed by atoms with E-state index >= 15 is 0 Å². The normalized spacial score (nSPS) is 18.2. The van der Waals surface area contributed by atoms with Gasteiger partial charge in [-0.05, 0) is 50.0 Å². The second-order valence-corrected chi connectivity index (χ2v) is 7.94. The molecule has 7 nitrogen and oxygen atoms in total. The first-order chi connectivity index (χ1) is 14.3. The van der Waals surface area contributed by atoms with E-state index in [1.807, 2.05) is 19.9 Å². The number of amidine groups is 1. The van der Waals surface area contributed by atoms with Gasteiger partial charge in [0.1, 0.15) is 17.5 Å². The van der Waals surface area contributed by atoms with Gasteiger partial charge in [-0.15, -0.1) is 0 Å². The molecule has 1 fully saturated rings. The van der Waals surface area contributed by atoms with Crippen LogP contribution in [0.4, 0.5) is 11.6 Å². The largest absolute Gasteiger partial charge is 0.387 e. The second-order valence-electron chi connectivity index (χ2n) is 7.94. The van der Waals surface area contributed by atoms with Crippen molar-refractivity contribution in [1.82, 2.24) is 9.55 Å². The maximum Gasteiger partial charge on any atom is 0.260 e. The SMILES string of the molecule is C=C(C)c1cc(-c2ccc(N)nc2)c(=O)n(C2CCCOC2)c1N=C(N)C(C)CC. The monoisotopic (exact) mass is 409 g/mol. The van der Waals surface area contributed by atoms with Crippen LogP contribution in [0.15, 0.2) is 40.8 Å². The average molecular weight is 410 g/mol. The van der Waals surface area contributed by atoms with Crippen molar-refractivity contribution in [2.24, 2.45) is 16.6 Å². The van der Waals surface area contributed by atoms with E-state index < -0.39 is 0 Å². The first-order valence-electron chi connectivity index (χ1n) is 10.4. The maximum atomic E-state index is 13.7. The van der Waals surface area contributed by atoms with Crippen molar-refractivity contribution >= 4 is 23.0 Å². The summed E-state index contributed by atoms with van der Waals surface area (Å²) in [5.74, 6) is 1.57. The highest BCUT2D eigenvalue weighted by Gasteiger charge is 2.25. The average Bonchev–Trinajstić information content (AvgIpc) is 2.74. The van der Waals surface area contributed by atoms with Gasteiger partial charge in [0.15, 0.2) is 0 Å². The van der Waals surface area contributed by atoms with Crippen molar-refractivity contribution in [1.29, 1.82) is 0 Å². The number of pyridine rings is 2. The van der Waals surface area contributed by atoms with Gasteiger partial charge in [-0.1, -0.05) is 20.4 Å². The third-order valence-electron chi connectivity index (χ3n) is 5.62. The Morgan fingerprint density at radius 2 is 2.23 bits per heavy atom.